The first-order valence-electron chi connectivity index (χ1n) is 8.00. The summed E-state index contributed by atoms with van der Waals surface area (Å²) in [6.45, 7) is 2.74. The average molecular weight is 362 g/mol. The monoisotopic (exact) mass is 362 g/mol. The van der Waals surface area contributed by atoms with Crippen molar-refractivity contribution in [3.05, 3.63) is 65.5 Å². The molecule has 1 heterocycles. The highest BCUT2D eigenvalue weighted by Crippen LogP contribution is 2.19. The van der Waals surface area contributed by atoms with Gasteiger partial charge in [-0.15, -0.1) is 0 Å². The van der Waals surface area contributed by atoms with Crippen molar-refractivity contribution in [3.63, 3.8) is 0 Å². The zero-order chi connectivity index (χ0) is 18.0. The number of piperazine rings is 1. The van der Waals surface area contributed by atoms with Gasteiger partial charge in [0.25, 0.3) is 5.91 Å². The Morgan fingerprint density at radius 3 is 2.16 bits per heavy atom. The van der Waals surface area contributed by atoms with Gasteiger partial charge < -0.3 is 4.90 Å². The molecule has 2 aromatic rings. The van der Waals surface area contributed by atoms with Crippen LogP contribution in [0.2, 0.25) is 0 Å². The molecule has 5 nitrogen and oxygen atoms in total. The number of aryl methyl sites for hydroxylation is 1. The van der Waals surface area contributed by atoms with Crippen molar-refractivity contribution in [1.82, 2.24) is 9.21 Å². The highest BCUT2D eigenvalue weighted by molar-refractivity contribution is 7.89. The molecule has 1 aliphatic rings. The van der Waals surface area contributed by atoms with Gasteiger partial charge in [-0.05, 0) is 31.2 Å². The van der Waals surface area contributed by atoms with Crippen LogP contribution in [0, 0.1) is 12.7 Å². The number of rotatable bonds is 3. The molecule has 0 aliphatic carbocycles. The number of hydrogen-bond donors (Lipinski definition) is 0. The Labute approximate surface area is 146 Å². The van der Waals surface area contributed by atoms with Crippen molar-refractivity contribution in [2.45, 2.75) is 11.8 Å². The third-order valence-corrected chi connectivity index (χ3v) is 6.20. The summed E-state index contributed by atoms with van der Waals surface area (Å²) in [5.41, 5.74) is 0.997. The molecule has 2 aromatic carbocycles. The molecule has 0 aromatic heterocycles. The molecule has 0 bridgehead atoms. The summed E-state index contributed by atoms with van der Waals surface area (Å²) in [6, 6.07) is 12.5. The van der Waals surface area contributed by atoms with Crippen molar-refractivity contribution < 1.29 is 17.6 Å². The van der Waals surface area contributed by atoms with Crippen LogP contribution in [0.1, 0.15) is 15.9 Å². The first kappa shape index (κ1) is 17.6. The number of amides is 1. The van der Waals surface area contributed by atoms with Gasteiger partial charge in [0.05, 0.1) is 10.5 Å². The van der Waals surface area contributed by atoms with E-state index in [-0.39, 0.29) is 36.6 Å². The van der Waals surface area contributed by atoms with Crippen molar-refractivity contribution in [1.29, 1.82) is 0 Å². The Bertz CT molecular complexity index is 873. The molecule has 25 heavy (non-hydrogen) atoms. The van der Waals surface area contributed by atoms with E-state index >= 15 is 0 Å². The van der Waals surface area contributed by atoms with Gasteiger partial charge in [0.15, 0.2) is 0 Å². The minimum absolute atomic E-state index is 0.0114. The molecule has 1 amide bonds. The Balaban J connectivity index is 1.70. The fourth-order valence-corrected chi connectivity index (χ4v) is 4.22. The smallest absolute Gasteiger partial charge is 0.256 e. The van der Waals surface area contributed by atoms with Crippen molar-refractivity contribution in [3.8, 4) is 0 Å². The van der Waals surface area contributed by atoms with Gasteiger partial charge >= 0.3 is 0 Å². The van der Waals surface area contributed by atoms with Crippen LogP contribution in [0.4, 0.5) is 4.39 Å². The number of nitrogens with zero attached hydrogens (tertiary/aromatic N) is 2. The Kier molecular flexibility index (Phi) is 4.87. The van der Waals surface area contributed by atoms with E-state index in [0.29, 0.717) is 0 Å². The molecule has 0 radical (unpaired) electrons. The topological polar surface area (TPSA) is 57.7 Å². The van der Waals surface area contributed by atoms with E-state index in [4.69, 9.17) is 0 Å². The number of halogens is 1. The second kappa shape index (κ2) is 6.93. The fraction of sp³-hybridized carbons (Fsp3) is 0.278. The van der Waals surface area contributed by atoms with Gasteiger partial charge in [0, 0.05) is 26.2 Å². The van der Waals surface area contributed by atoms with Crippen LogP contribution >= 0.6 is 0 Å². The van der Waals surface area contributed by atoms with Crippen LogP contribution < -0.4 is 0 Å². The Morgan fingerprint density at radius 2 is 1.56 bits per heavy atom. The molecule has 1 aliphatic heterocycles. The normalized spacial score (nSPS) is 16.0. The minimum atomic E-state index is -3.58. The molecule has 7 heteroatoms. The molecular formula is C18H19FN2O3S. The second-order valence-corrected chi connectivity index (χ2v) is 7.93. The van der Waals surface area contributed by atoms with Crippen LogP contribution in [0.5, 0.6) is 0 Å². The van der Waals surface area contributed by atoms with E-state index in [1.807, 2.05) is 6.92 Å². The third kappa shape index (κ3) is 3.57. The summed E-state index contributed by atoms with van der Waals surface area (Å²) in [5.74, 6) is -0.979. The number of carbonyl (C=O) groups is 1. The molecule has 1 saturated heterocycles. The number of sulfonamides is 1. The molecule has 0 atom stereocenters. The highest BCUT2D eigenvalue weighted by atomic mass is 32.2. The largest absolute Gasteiger partial charge is 0.336 e. The molecule has 132 valence electrons. The van der Waals surface area contributed by atoms with Crippen molar-refractivity contribution >= 4 is 15.9 Å². The first-order chi connectivity index (χ1) is 11.9. The molecule has 3 rings (SSSR count). The van der Waals surface area contributed by atoms with E-state index < -0.39 is 21.7 Å². The Morgan fingerprint density at radius 1 is 0.960 bits per heavy atom. The lowest BCUT2D eigenvalue weighted by atomic mass is 10.1. The molecule has 0 unspecified atom stereocenters. The zero-order valence-corrected chi connectivity index (χ0v) is 14.7. The molecule has 0 spiro atoms. The second-order valence-electron chi connectivity index (χ2n) is 5.99. The lowest BCUT2D eigenvalue weighted by molar-refractivity contribution is 0.0693. The lowest BCUT2D eigenvalue weighted by Gasteiger charge is -2.34. The maximum Gasteiger partial charge on any atom is 0.256 e. The quantitative estimate of drug-likeness (QED) is 0.842. The summed E-state index contributed by atoms with van der Waals surface area (Å²) in [4.78, 5) is 14.1. The summed E-state index contributed by atoms with van der Waals surface area (Å²) < 4.78 is 40.4. The average Bonchev–Trinajstić information content (AvgIpc) is 2.62. The van der Waals surface area contributed by atoms with Gasteiger partial charge in [-0.25, -0.2) is 12.8 Å². The van der Waals surface area contributed by atoms with Crippen molar-refractivity contribution in [2.24, 2.45) is 0 Å². The minimum Gasteiger partial charge on any atom is -0.336 e. The summed E-state index contributed by atoms with van der Waals surface area (Å²) in [7, 11) is -3.58. The van der Waals surface area contributed by atoms with Crippen LogP contribution in [0.15, 0.2) is 53.4 Å². The van der Waals surface area contributed by atoms with E-state index in [1.54, 1.807) is 30.3 Å². The standard InChI is InChI=1S/C18H19FN2O3S/c1-14-6-8-15(9-7-14)25(23,24)21-12-10-20(11-13-21)18(22)16-4-2-3-5-17(16)19/h2-9H,10-13H2,1H3. The molecule has 0 N–H and O–H groups in total. The third-order valence-electron chi connectivity index (χ3n) is 4.29. The summed E-state index contributed by atoms with van der Waals surface area (Å²) >= 11 is 0. The highest BCUT2D eigenvalue weighted by Gasteiger charge is 2.30. The predicted octanol–water partition coefficient (Wildman–Crippen LogP) is 2.28. The van der Waals surface area contributed by atoms with Gasteiger partial charge in [0.2, 0.25) is 10.0 Å². The Hall–Kier alpha value is -2.25. The molecule has 0 saturated carbocycles. The SMILES string of the molecule is Cc1ccc(S(=O)(=O)N2CCN(C(=O)c3ccccc3F)CC2)cc1. The first-order valence-corrected chi connectivity index (χ1v) is 9.44. The van der Waals surface area contributed by atoms with Gasteiger partial charge in [-0.2, -0.15) is 4.31 Å². The van der Waals surface area contributed by atoms with Crippen molar-refractivity contribution in [2.75, 3.05) is 26.2 Å². The molecular weight excluding hydrogens is 343 g/mol. The van der Waals surface area contributed by atoms with Gasteiger partial charge in [-0.3, -0.25) is 4.79 Å². The summed E-state index contributed by atoms with van der Waals surface area (Å²) in [5, 5.41) is 0. The fourth-order valence-electron chi connectivity index (χ4n) is 2.80. The van der Waals surface area contributed by atoms with Crippen LogP contribution in [0.3, 0.4) is 0 Å². The predicted molar refractivity (Wildman–Crippen MR) is 92.2 cm³/mol. The van der Waals surface area contributed by atoms with E-state index in [9.17, 15) is 17.6 Å². The van der Waals surface area contributed by atoms with Gasteiger partial charge in [-0.1, -0.05) is 29.8 Å². The summed E-state index contributed by atoms with van der Waals surface area (Å²) in [6.07, 6.45) is 0. The van der Waals surface area contributed by atoms with Crippen LogP contribution in [-0.2, 0) is 10.0 Å². The van der Waals surface area contributed by atoms with E-state index in [2.05, 4.69) is 0 Å². The number of hydrogen-bond acceptors (Lipinski definition) is 3. The van der Waals surface area contributed by atoms with E-state index in [0.717, 1.165) is 5.56 Å². The maximum atomic E-state index is 13.8. The number of benzene rings is 2. The zero-order valence-electron chi connectivity index (χ0n) is 13.9. The van der Waals surface area contributed by atoms with Gasteiger partial charge in [0.1, 0.15) is 5.82 Å². The molecule has 1 fully saturated rings. The van der Waals surface area contributed by atoms with Crippen LogP contribution in [-0.4, -0.2) is 49.7 Å². The van der Waals surface area contributed by atoms with Crippen LogP contribution in [0.25, 0.3) is 0 Å². The van der Waals surface area contributed by atoms with E-state index in [1.165, 1.54) is 27.4 Å². The number of carbonyl (C=O) groups excluding carboxylic acids is 1. The lowest BCUT2D eigenvalue weighted by Crippen LogP contribution is -2.50. The maximum absolute atomic E-state index is 13.8.